The highest BCUT2D eigenvalue weighted by Crippen LogP contribution is 2.14. The fourth-order valence-electron chi connectivity index (χ4n) is 1.95. The van der Waals surface area contributed by atoms with E-state index >= 15 is 0 Å². The predicted molar refractivity (Wildman–Crippen MR) is 62.3 cm³/mol. The lowest BCUT2D eigenvalue weighted by Gasteiger charge is -2.27. The van der Waals surface area contributed by atoms with E-state index in [2.05, 4.69) is 10.3 Å². The molecular weight excluding hydrogens is 220 g/mol. The Morgan fingerprint density at radius 2 is 2.12 bits per heavy atom. The molecular formula is C11H16N4O2. The van der Waals surface area contributed by atoms with Gasteiger partial charge >= 0.3 is 0 Å². The third kappa shape index (κ3) is 2.15. The minimum atomic E-state index is 0.00703. The number of nitrogens with zero attached hydrogens (tertiary/aromatic N) is 4. The molecule has 2 heterocycles. The van der Waals surface area contributed by atoms with Crippen molar-refractivity contribution in [3.05, 3.63) is 17.5 Å². The van der Waals surface area contributed by atoms with E-state index in [9.17, 15) is 4.79 Å². The first-order valence-corrected chi connectivity index (χ1v) is 5.61. The molecule has 1 aliphatic rings. The number of carbonyl (C=O) groups is 1. The second kappa shape index (κ2) is 4.57. The fraction of sp³-hybridized carbons (Fsp3) is 0.545. The van der Waals surface area contributed by atoms with Gasteiger partial charge < -0.3 is 10.1 Å². The van der Waals surface area contributed by atoms with Gasteiger partial charge in [0, 0.05) is 38.7 Å². The SMILES string of the molecule is Cc1c(C(=O)N2CCC(=NO)CC2)cnn1C. The van der Waals surface area contributed by atoms with E-state index in [1.165, 1.54) is 0 Å². The molecule has 1 saturated heterocycles. The molecule has 6 heteroatoms. The lowest BCUT2D eigenvalue weighted by atomic mass is 10.1. The van der Waals surface area contributed by atoms with Crippen molar-refractivity contribution < 1.29 is 10.0 Å². The van der Waals surface area contributed by atoms with Gasteiger partial charge in [0.1, 0.15) is 0 Å². The molecule has 1 fully saturated rings. The Bertz CT molecular complexity index is 454. The van der Waals surface area contributed by atoms with E-state index in [1.807, 2.05) is 14.0 Å². The topological polar surface area (TPSA) is 70.7 Å². The molecule has 0 unspecified atom stereocenters. The molecule has 2 rings (SSSR count). The van der Waals surface area contributed by atoms with Crippen LogP contribution in [0.1, 0.15) is 28.9 Å². The van der Waals surface area contributed by atoms with E-state index in [1.54, 1.807) is 15.8 Å². The minimum Gasteiger partial charge on any atom is -0.411 e. The third-order valence-electron chi connectivity index (χ3n) is 3.23. The molecule has 6 nitrogen and oxygen atoms in total. The number of oxime groups is 1. The van der Waals surface area contributed by atoms with Crippen LogP contribution in [-0.4, -0.2) is 44.6 Å². The largest absolute Gasteiger partial charge is 0.411 e. The lowest BCUT2D eigenvalue weighted by molar-refractivity contribution is 0.0753. The van der Waals surface area contributed by atoms with Crippen LogP contribution in [-0.2, 0) is 7.05 Å². The van der Waals surface area contributed by atoms with E-state index in [4.69, 9.17) is 5.21 Å². The summed E-state index contributed by atoms with van der Waals surface area (Å²) in [5.74, 6) is 0.00703. The van der Waals surface area contributed by atoms with Crippen LogP contribution in [0.15, 0.2) is 11.4 Å². The zero-order valence-electron chi connectivity index (χ0n) is 10.1. The fourth-order valence-corrected chi connectivity index (χ4v) is 1.95. The molecule has 1 aromatic rings. The Kier molecular flexibility index (Phi) is 3.12. The molecule has 0 atom stereocenters. The Morgan fingerprint density at radius 1 is 1.47 bits per heavy atom. The van der Waals surface area contributed by atoms with Gasteiger partial charge in [-0.05, 0) is 6.92 Å². The first-order chi connectivity index (χ1) is 8.13. The van der Waals surface area contributed by atoms with Crippen molar-refractivity contribution in [2.75, 3.05) is 13.1 Å². The van der Waals surface area contributed by atoms with Crippen LogP contribution in [0.5, 0.6) is 0 Å². The average molecular weight is 236 g/mol. The normalized spacial score (nSPS) is 16.1. The number of likely N-dealkylation sites (tertiary alicyclic amines) is 1. The van der Waals surface area contributed by atoms with Gasteiger partial charge in [0.2, 0.25) is 0 Å². The van der Waals surface area contributed by atoms with E-state index < -0.39 is 0 Å². The molecule has 0 bridgehead atoms. The Hall–Kier alpha value is -1.85. The Morgan fingerprint density at radius 3 is 2.59 bits per heavy atom. The Labute approximate surface area is 99.5 Å². The average Bonchev–Trinajstić information content (AvgIpc) is 2.69. The van der Waals surface area contributed by atoms with E-state index in [0.29, 0.717) is 31.5 Å². The zero-order valence-corrected chi connectivity index (χ0v) is 10.1. The Balaban J connectivity index is 2.09. The highest BCUT2D eigenvalue weighted by atomic mass is 16.4. The van der Waals surface area contributed by atoms with Crippen molar-refractivity contribution in [1.82, 2.24) is 14.7 Å². The molecule has 1 aliphatic heterocycles. The molecule has 0 saturated carbocycles. The van der Waals surface area contributed by atoms with Crippen LogP contribution >= 0.6 is 0 Å². The molecule has 1 aromatic heterocycles. The maximum atomic E-state index is 12.2. The maximum Gasteiger partial charge on any atom is 0.257 e. The monoisotopic (exact) mass is 236 g/mol. The van der Waals surface area contributed by atoms with Crippen LogP contribution in [0.4, 0.5) is 0 Å². The van der Waals surface area contributed by atoms with Crippen molar-refractivity contribution in [1.29, 1.82) is 0 Å². The van der Waals surface area contributed by atoms with E-state index in [-0.39, 0.29) is 5.91 Å². The molecule has 0 radical (unpaired) electrons. The summed E-state index contributed by atoms with van der Waals surface area (Å²) in [6, 6.07) is 0. The number of rotatable bonds is 1. The number of carbonyl (C=O) groups excluding carboxylic acids is 1. The molecule has 0 aromatic carbocycles. The number of piperidine rings is 1. The van der Waals surface area contributed by atoms with Crippen molar-refractivity contribution in [2.24, 2.45) is 12.2 Å². The first kappa shape index (κ1) is 11.6. The molecule has 1 amide bonds. The molecule has 92 valence electrons. The summed E-state index contributed by atoms with van der Waals surface area (Å²) in [5, 5.41) is 15.9. The third-order valence-corrected chi connectivity index (χ3v) is 3.23. The van der Waals surface area contributed by atoms with Gasteiger partial charge in [-0.2, -0.15) is 5.10 Å². The van der Waals surface area contributed by atoms with Crippen LogP contribution in [0.2, 0.25) is 0 Å². The second-order valence-electron chi connectivity index (χ2n) is 4.23. The smallest absolute Gasteiger partial charge is 0.257 e. The number of aromatic nitrogens is 2. The summed E-state index contributed by atoms with van der Waals surface area (Å²) < 4.78 is 1.69. The number of hydrogen-bond acceptors (Lipinski definition) is 4. The number of aryl methyl sites for hydroxylation is 1. The highest BCUT2D eigenvalue weighted by molar-refractivity contribution is 5.96. The highest BCUT2D eigenvalue weighted by Gasteiger charge is 2.23. The summed E-state index contributed by atoms with van der Waals surface area (Å²) in [6.45, 7) is 3.09. The van der Waals surface area contributed by atoms with Gasteiger partial charge in [-0.1, -0.05) is 5.16 Å². The van der Waals surface area contributed by atoms with Crippen LogP contribution in [0.3, 0.4) is 0 Å². The first-order valence-electron chi connectivity index (χ1n) is 5.61. The van der Waals surface area contributed by atoms with Crippen molar-refractivity contribution in [3.63, 3.8) is 0 Å². The standard InChI is InChI=1S/C11H16N4O2/c1-8-10(7-12-14(8)2)11(16)15-5-3-9(13-17)4-6-15/h7,17H,3-6H2,1-2H3. The van der Waals surface area contributed by atoms with Gasteiger partial charge in [0.05, 0.1) is 17.5 Å². The summed E-state index contributed by atoms with van der Waals surface area (Å²) in [5.41, 5.74) is 2.28. The lowest BCUT2D eigenvalue weighted by Crippen LogP contribution is -2.38. The van der Waals surface area contributed by atoms with Crippen molar-refractivity contribution in [2.45, 2.75) is 19.8 Å². The van der Waals surface area contributed by atoms with Gasteiger partial charge in [0.15, 0.2) is 0 Å². The maximum absolute atomic E-state index is 12.2. The van der Waals surface area contributed by atoms with Crippen molar-refractivity contribution in [3.8, 4) is 0 Å². The minimum absolute atomic E-state index is 0.00703. The predicted octanol–water partition coefficient (Wildman–Crippen LogP) is 0.795. The summed E-state index contributed by atoms with van der Waals surface area (Å²) in [7, 11) is 1.82. The van der Waals surface area contributed by atoms with Crippen LogP contribution < -0.4 is 0 Å². The number of hydrogen-bond donors (Lipinski definition) is 1. The van der Waals surface area contributed by atoms with E-state index in [0.717, 1.165) is 11.4 Å². The van der Waals surface area contributed by atoms with Gasteiger partial charge in [0.25, 0.3) is 5.91 Å². The van der Waals surface area contributed by atoms with Crippen molar-refractivity contribution >= 4 is 11.6 Å². The van der Waals surface area contributed by atoms with Gasteiger partial charge in [-0.25, -0.2) is 0 Å². The molecule has 0 aliphatic carbocycles. The second-order valence-corrected chi connectivity index (χ2v) is 4.23. The molecule has 17 heavy (non-hydrogen) atoms. The summed E-state index contributed by atoms with van der Waals surface area (Å²) >= 11 is 0. The summed E-state index contributed by atoms with van der Waals surface area (Å²) in [4.78, 5) is 14.0. The van der Waals surface area contributed by atoms with Crippen LogP contribution in [0.25, 0.3) is 0 Å². The summed E-state index contributed by atoms with van der Waals surface area (Å²) in [6.07, 6.45) is 2.89. The quantitative estimate of drug-likeness (QED) is 0.579. The van der Waals surface area contributed by atoms with Crippen LogP contribution in [0, 0.1) is 6.92 Å². The van der Waals surface area contributed by atoms with Gasteiger partial charge in [-0.15, -0.1) is 0 Å². The number of amides is 1. The molecule has 1 N–H and O–H groups in total. The zero-order chi connectivity index (χ0) is 12.4. The van der Waals surface area contributed by atoms with Gasteiger partial charge in [-0.3, -0.25) is 9.48 Å². The molecule has 0 spiro atoms.